The number of nitrogens with one attached hydrogen (secondary N) is 1. The van der Waals surface area contributed by atoms with Crippen LogP contribution < -0.4 is 5.32 Å². The Hall–Kier alpha value is -1.10. The van der Waals surface area contributed by atoms with Crippen LogP contribution in [0.5, 0.6) is 0 Å². The van der Waals surface area contributed by atoms with Crippen molar-refractivity contribution in [3.05, 3.63) is 0 Å². The predicted octanol–water partition coefficient (Wildman–Crippen LogP) is 2.05. The van der Waals surface area contributed by atoms with E-state index >= 15 is 0 Å². The van der Waals surface area contributed by atoms with Crippen molar-refractivity contribution in [2.24, 2.45) is 11.3 Å². The molecule has 0 aromatic heterocycles. The molecular weight excluding hydrogens is 246 g/mol. The monoisotopic (exact) mass is 273 g/mol. The summed E-state index contributed by atoms with van der Waals surface area (Å²) in [4.78, 5) is 23.4. The summed E-state index contributed by atoms with van der Waals surface area (Å²) in [6.07, 6.45) is 0.911. The van der Waals surface area contributed by atoms with E-state index in [0.29, 0.717) is 19.4 Å². The van der Waals surface area contributed by atoms with E-state index in [1.807, 2.05) is 13.8 Å². The molecule has 0 bridgehead atoms. The molecule has 0 radical (unpaired) electrons. The van der Waals surface area contributed by atoms with E-state index < -0.39 is 11.4 Å². The highest BCUT2D eigenvalue weighted by atomic mass is 16.5. The number of amides is 1. The zero-order valence-electron chi connectivity index (χ0n) is 12.7. The lowest BCUT2D eigenvalue weighted by Crippen LogP contribution is -2.45. The zero-order chi connectivity index (χ0) is 15.1. The number of methoxy groups -OCH3 is 1. The number of hydrogen-bond acceptors (Lipinski definition) is 3. The van der Waals surface area contributed by atoms with Crippen molar-refractivity contribution >= 4 is 11.9 Å². The van der Waals surface area contributed by atoms with Crippen LogP contribution in [0.15, 0.2) is 0 Å². The quantitative estimate of drug-likeness (QED) is 0.674. The maximum Gasteiger partial charge on any atom is 0.310 e. The maximum atomic E-state index is 12.0. The van der Waals surface area contributed by atoms with Crippen LogP contribution in [0, 0.1) is 11.3 Å². The molecule has 0 saturated carbocycles. The number of rotatable bonds is 9. The van der Waals surface area contributed by atoms with Crippen molar-refractivity contribution in [1.82, 2.24) is 5.32 Å². The minimum atomic E-state index is -0.960. The number of hydrogen-bond donors (Lipinski definition) is 2. The Morgan fingerprint density at radius 3 is 2.11 bits per heavy atom. The number of carboxylic acids is 1. The fourth-order valence-corrected chi connectivity index (χ4v) is 2.02. The minimum absolute atomic E-state index is 0.0161. The Morgan fingerprint density at radius 1 is 1.26 bits per heavy atom. The van der Waals surface area contributed by atoms with Gasteiger partial charge in [-0.3, -0.25) is 9.59 Å². The number of carbonyl (C=O) groups is 2. The van der Waals surface area contributed by atoms with Gasteiger partial charge in [-0.2, -0.15) is 0 Å². The first-order valence-electron chi connectivity index (χ1n) is 6.84. The maximum absolute atomic E-state index is 12.0. The molecule has 1 atom stereocenters. The molecule has 0 saturated heterocycles. The number of aliphatic carboxylic acids is 1. The van der Waals surface area contributed by atoms with E-state index in [0.717, 1.165) is 0 Å². The lowest BCUT2D eigenvalue weighted by molar-refractivity contribution is -0.152. The molecule has 0 aliphatic carbocycles. The van der Waals surface area contributed by atoms with Gasteiger partial charge in [0.1, 0.15) is 0 Å². The first-order valence-corrected chi connectivity index (χ1v) is 6.84. The van der Waals surface area contributed by atoms with Crippen LogP contribution in [0.1, 0.15) is 47.0 Å². The summed E-state index contributed by atoms with van der Waals surface area (Å²) in [6.45, 7) is 8.03. The molecule has 0 fully saturated rings. The Kier molecular flexibility index (Phi) is 7.68. The summed E-state index contributed by atoms with van der Waals surface area (Å²) in [5.41, 5.74) is -0.960. The van der Waals surface area contributed by atoms with Gasteiger partial charge in [0.25, 0.3) is 0 Å². The van der Waals surface area contributed by atoms with Crippen LogP contribution >= 0.6 is 0 Å². The second-order valence-corrected chi connectivity index (χ2v) is 5.34. The molecule has 0 heterocycles. The van der Waals surface area contributed by atoms with Gasteiger partial charge in [0.15, 0.2) is 0 Å². The van der Waals surface area contributed by atoms with Gasteiger partial charge in [0.2, 0.25) is 5.91 Å². The topological polar surface area (TPSA) is 75.6 Å². The highest BCUT2D eigenvalue weighted by molar-refractivity contribution is 5.85. The molecule has 1 unspecified atom stereocenters. The Morgan fingerprint density at radius 2 is 1.79 bits per heavy atom. The number of carbonyl (C=O) groups excluding carboxylic acids is 1. The first-order chi connectivity index (χ1) is 8.82. The van der Waals surface area contributed by atoms with Crippen LogP contribution in [0.3, 0.4) is 0 Å². The number of carboxylic acid groups (broad SMARTS) is 1. The molecule has 0 aliphatic rings. The summed E-state index contributed by atoms with van der Waals surface area (Å²) < 4.78 is 5.07. The summed E-state index contributed by atoms with van der Waals surface area (Å²) in [5, 5.41) is 12.2. The fourth-order valence-electron chi connectivity index (χ4n) is 2.02. The van der Waals surface area contributed by atoms with Gasteiger partial charge in [0, 0.05) is 13.5 Å². The van der Waals surface area contributed by atoms with Crippen LogP contribution in [0.4, 0.5) is 0 Å². The molecule has 0 aliphatic heterocycles. The predicted molar refractivity (Wildman–Crippen MR) is 73.9 cm³/mol. The summed E-state index contributed by atoms with van der Waals surface area (Å²) >= 11 is 0. The van der Waals surface area contributed by atoms with Gasteiger partial charge in [0.05, 0.1) is 18.1 Å². The van der Waals surface area contributed by atoms with Crippen LogP contribution in [-0.4, -0.2) is 36.7 Å². The minimum Gasteiger partial charge on any atom is -0.481 e. The average Bonchev–Trinajstić information content (AvgIpc) is 2.35. The second-order valence-electron chi connectivity index (χ2n) is 5.34. The normalized spacial score (nSPS) is 13.4. The average molecular weight is 273 g/mol. The third-order valence-corrected chi connectivity index (χ3v) is 3.80. The third-order valence-electron chi connectivity index (χ3n) is 3.80. The fraction of sp³-hybridized carbons (Fsp3) is 0.857. The van der Waals surface area contributed by atoms with Crippen molar-refractivity contribution in [3.63, 3.8) is 0 Å². The van der Waals surface area contributed by atoms with E-state index in [1.165, 1.54) is 0 Å². The SMILES string of the molecule is CCC(CC)(CC(=O)NC(COC)C(C)C)C(=O)O. The van der Waals surface area contributed by atoms with Crippen LogP contribution in [0.25, 0.3) is 0 Å². The van der Waals surface area contributed by atoms with E-state index in [4.69, 9.17) is 4.74 Å². The number of ether oxygens (including phenoxy) is 1. The molecular formula is C14H27NO4. The van der Waals surface area contributed by atoms with Gasteiger partial charge in [-0.1, -0.05) is 27.7 Å². The van der Waals surface area contributed by atoms with Crippen molar-refractivity contribution in [3.8, 4) is 0 Å². The van der Waals surface area contributed by atoms with E-state index in [9.17, 15) is 14.7 Å². The molecule has 2 N–H and O–H groups in total. The lowest BCUT2D eigenvalue weighted by atomic mass is 9.79. The molecule has 0 spiro atoms. The molecule has 0 aromatic rings. The summed E-state index contributed by atoms with van der Waals surface area (Å²) in [6, 6.07) is -0.0855. The van der Waals surface area contributed by atoms with Crippen molar-refractivity contribution in [2.45, 2.75) is 53.0 Å². The zero-order valence-corrected chi connectivity index (χ0v) is 12.7. The molecule has 0 aromatic carbocycles. The van der Waals surface area contributed by atoms with Gasteiger partial charge in [-0.25, -0.2) is 0 Å². The standard InChI is InChI=1S/C14H27NO4/c1-6-14(7-2,13(17)18)8-12(16)15-11(9-19-5)10(3)4/h10-11H,6-9H2,1-5H3,(H,15,16)(H,17,18). The molecule has 112 valence electrons. The molecule has 5 heteroatoms. The molecule has 19 heavy (non-hydrogen) atoms. The highest BCUT2D eigenvalue weighted by Crippen LogP contribution is 2.31. The van der Waals surface area contributed by atoms with E-state index in [2.05, 4.69) is 5.32 Å². The van der Waals surface area contributed by atoms with Crippen molar-refractivity contribution in [2.75, 3.05) is 13.7 Å². The van der Waals surface area contributed by atoms with Crippen molar-refractivity contribution < 1.29 is 19.4 Å². The van der Waals surface area contributed by atoms with Gasteiger partial charge in [-0.15, -0.1) is 0 Å². The van der Waals surface area contributed by atoms with E-state index in [1.54, 1.807) is 21.0 Å². The van der Waals surface area contributed by atoms with Gasteiger partial charge in [-0.05, 0) is 18.8 Å². The molecule has 0 rings (SSSR count). The van der Waals surface area contributed by atoms with E-state index in [-0.39, 0.29) is 24.3 Å². The lowest BCUT2D eigenvalue weighted by Gasteiger charge is -2.28. The summed E-state index contributed by atoms with van der Waals surface area (Å²) in [5.74, 6) is -0.881. The van der Waals surface area contributed by atoms with Crippen molar-refractivity contribution in [1.29, 1.82) is 0 Å². The van der Waals surface area contributed by atoms with Crippen LogP contribution in [-0.2, 0) is 14.3 Å². The molecule has 1 amide bonds. The Bertz CT molecular complexity index is 298. The Labute approximate surface area is 115 Å². The molecule has 5 nitrogen and oxygen atoms in total. The summed E-state index contributed by atoms with van der Waals surface area (Å²) in [7, 11) is 1.58. The van der Waals surface area contributed by atoms with Gasteiger partial charge < -0.3 is 15.2 Å². The van der Waals surface area contributed by atoms with Gasteiger partial charge >= 0.3 is 5.97 Å². The smallest absolute Gasteiger partial charge is 0.310 e. The largest absolute Gasteiger partial charge is 0.481 e. The van der Waals surface area contributed by atoms with Crippen LogP contribution in [0.2, 0.25) is 0 Å². The second kappa shape index (κ2) is 8.15. The highest BCUT2D eigenvalue weighted by Gasteiger charge is 2.37. The Balaban J connectivity index is 4.70. The first kappa shape index (κ1) is 17.9. The third kappa shape index (κ3) is 5.19.